The highest BCUT2D eigenvalue weighted by Crippen LogP contribution is 2.40. The second-order valence-electron chi connectivity index (χ2n) is 7.19. The summed E-state index contributed by atoms with van der Waals surface area (Å²) in [5.74, 6) is 0.755. The molecular weight excluding hydrogens is 318 g/mol. The van der Waals surface area contributed by atoms with Crippen molar-refractivity contribution in [3.8, 4) is 0 Å². The highest BCUT2D eigenvalue weighted by molar-refractivity contribution is 5.35. The largest absolute Gasteiger partial charge is 0.368 e. The van der Waals surface area contributed by atoms with Crippen molar-refractivity contribution in [3.63, 3.8) is 0 Å². The van der Waals surface area contributed by atoms with Gasteiger partial charge in [0.25, 0.3) is 0 Å². The number of aryl methyl sites for hydroxylation is 1. The zero-order chi connectivity index (χ0) is 17.4. The lowest BCUT2D eigenvalue weighted by Gasteiger charge is -2.44. The van der Waals surface area contributed by atoms with Crippen molar-refractivity contribution in [2.45, 2.75) is 31.4 Å². The molecule has 2 aliphatic rings. The Bertz CT molecular complexity index is 749. The standard InChI is InChI=1S/C17H25N7O/c1-22(2)16-18-10-13-4-9-25-17(15(13)19-16)5-7-24(8-6-17)12-14-11-23(3)21-20-14/h10-11H,4-9,12H2,1-3H3. The number of aromatic nitrogens is 5. The summed E-state index contributed by atoms with van der Waals surface area (Å²) in [5, 5.41) is 8.21. The van der Waals surface area contributed by atoms with Crippen LogP contribution in [0.1, 0.15) is 29.8 Å². The van der Waals surface area contributed by atoms with E-state index in [4.69, 9.17) is 9.72 Å². The molecular formula is C17H25N7O. The molecule has 8 heteroatoms. The van der Waals surface area contributed by atoms with Crippen molar-refractivity contribution >= 4 is 5.95 Å². The molecule has 1 spiro atoms. The van der Waals surface area contributed by atoms with Gasteiger partial charge < -0.3 is 9.64 Å². The van der Waals surface area contributed by atoms with E-state index in [1.54, 1.807) is 4.68 Å². The number of rotatable bonds is 3. The maximum Gasteiger partial charge on any atom is 0.225 e. The summed E-state index contributed by atoms with van der Waals surface area (Å²) in [6, 6.07) is 0. The first-order chi connectivity index (χ1) is 12.1. The van der Waals surface area contributed by atoms with E-state index in [1.807, 2.05) is 38.4 Å². The molecule has 2 aliphatic heterocycles. The maximum atomic E-state index is 6.30. The number of fused-ring (bicyclic) bond motifs is 2. The first-order valence-electron chi connectivity index (χ1n) is 8.81. The lowest BCUT2D eigenvalue weighted by molar-refractivity contribution is -0.102. The maximum absolute atomic E-state index is 6.30. The fourth-order valence-electron chi connectivity index (χ4n) is 3.77. The SMILES string of the molecule is CN(C)c1ncc2c(n1)C1(CCN(Cc3cn(C)nn3)CC1)OCC2. The predicted octanol–water partition coefficient (Wildman–Crippen LogP) is 0.735. The second kappa shape index (κ2) is 6.34. The molecule has 0 aromatic carbocycles. The Balaban J connectivity index is 1.52. The van der Waals surface area contributed by atoms with Gasteiger partial charge in [-0.25, -0.2) is 9.97 Å². The average molecular weight is 343 g/mol. The molecule has 4 rings (SSSR count). The van der Waals surface area contributed by atoms with Gasteiger partial charge in [-0.2, -0.15) is 0 Å². The Hall–Kier alpha value is -2.06. The number of hydrogen-bond acceptors (Lipinski definition) is 7. The molecule has 0 N–H and O–H groups in total. The molecule has 8 nitrogen and oxygen atoms in total. The van der Waals surface area contributed by atoms with Crippen LogP contribution in [0.25, 0.3) is 0 Å². The summed E-state index contributed by atoms with van der Waals surface area (Å²) in [4.78, 5) is 13.7. The molecule has 0 atom stereocenters. The molecule has 0 unspecified atom stereocenters. The van der Waals surface area contributed by atoms with Crippen LogP contribution < -0.4 is 4.90 Å². The first kappa shape index (κ1) is 16.4. The van der Waals surface area contributed by atoms with Gasteiger partial charge in [-0.3, -0.25) is 9.58 Å². The number of anilines is 1. The molecule has 0 radical (unpaired) electrons. The quantitative estimate of drug-likeness (QED) is 0.814. The minimum atomic E-state index is -0.264. The molecule has 25 heavy (non-hydrogen) atoms. The molecule has 134 valence electrons. The van der Waals surface area contributed by atoms with E-state index in [9.17, 15) is 0 Å². The van der Waals surface area contributed by atoms with Crippen molar-refractivity contribution in [1.82, 2.24) is 29.9 Å². The van der Waals surface area contributed by atoms with E-state index >= 15 is 0 Å². The Morgan fingerprint density at radius 2 is 2.08 bits per heavy atom. The number of likely N-dealkylation sites (tertiary alicyclic amines) is 1. The van der Waals surface area contributed by atoms with Gasteiger partial charge in [0.2, 0.25) is 5.95 Å². The highest BCUT2D eigenvalue weighted by atomic mass is 16.5. The summed E-state index contributed by atoms with van der Waals surface area (Å²) >= 11 is 0. The van der Waals surface area contributed by atoms with Gasteiger partial charge in [0.05, 0.1) is 18.0 Å². The third-order valence-corrected chi connectivity index (χ3v) is 5.13. The van der Waals surface area contributed by atoms with E-state index in [0.29, 0.717) is 0 Å². The van der Waals surface area contributed by atoms with Crippen LogP contribution in [0.2, 0.25) is 0 Å². The van der Waals surface area contributed by atoms with Crippen molar-refractivity contribution < 1.29 is 4.74 Å². The fraction of sp³-hybridized carbons (Fsp3) is 0.647. The van der Waals surface area contributed by atoms with Crippen LogP contribution in [-0.4, -0.2) is 63.7 Å². The van der Waals surface area contributed by atoms with E-state index in [2.05, 4.69) is 20.2 Å². The smallest absolute Gasteiger partial charge is 0.225 e. The average Bonchev–Trinajstić information content (AvgIpc) is 3.02. The lowest BCUT2D eigenvalue weighted by atomic mass is 9.83. The van der Waals surface area contributed by atoms with E-state index in [-0.39, 0.29) is 5.60 Å². The molecule has 4 heterocycles. The van der Waals surface area contributed by atoms with Crippen molar-refractivity contribution in [3.05, 3.63) is 29.3 Å². The molecule has 0 bridgehead atoms. The van der Waals surface area contributed by atoms with Gasteiger partial charge in [0, 0.05) is 53.2 Å². The minimum absolute atomic E-state index is 0.264. The van der Waals surface area contributed by atoms with Crippen molar-refractivity contribution in [2.75, 3.05) is 38.7 Å². The number of hydrogen-bond donors (Lipinski definition) is 0. The molecule has 1 fully saturated rings. The molecule has 2 aromatic heterocycles. The normalized spacial score (nSPS) is 19.8. The van der Waals surface area contributed by atoms with Gasteiger partial charge >= 0.3 is 0 Å². The van der Waals surface area contributed by atoms with Crippen LogP contribution in [0, 0.1) is 0 Å². The number of piperidine rings is 1. The van der Waals surface area contributed by atoms with E-state index in [1.165, 1.54) is 5.56 Å². The van der Waals surface area contributed by atoms with Crippen LogP contribution in [-0.2, 0) is 30.4 Å². The second-order valence-corrected chi connectivity index (χ2v) is 7.19. The van der Waals surface area contributed by atoms with Gasteiger partial charge in [0.15, 0.2) is 0 Å². The topological polar surface area (TPSA) is 72.2 Å². The van der Waals surface area contributed by atoms with Gasteiger partial charge in [0.1, 0.15) is 5.60 Å². The fourth-order valence-corrected chi connectivity index (χ4v) is 3.77. The molecule has 0 saturated carbocycles. The van der Waals surface area contributed by atoms with Gasteiger partial charge in [-0.05, 0) is 24.8 Å². The summed E-state index contributed by atoms with van der Waals surface area (Å²) in [6.45, 7) is 3.53. The van der Waals surface area contributed by atoms with Crippen LogP contribution in [0.15, 0.2) is 12.4 Å². The summed E-state index contributed by atoms with van der Waals surface area (Å²) in [6.07, 6.45) is 6.75. The Labute approximate surface area is 147 Å². The van der Waals surface area contributed by atoms with E-state index < -0.39 is 0 Å². The van der Waals surface area contributed by atoms with Crippen molar-refractivity contribution in [1.29, 1.82) is 0 Å². The third kappa shape index (κ3) is 3.11. The summed E-state index contributed by atoms with van der Waals surface area (Å²) < 4.78 is 8.05. The zero-order valence-electron chi connectivity index (χ0n) is 15.1. The Kier molecular flexibility index (Phi) is 4.16. The molecule has 0 aliphatic carbocycles. The highest BCUT2D eigenvalue weighted by Gasteiger charge is 2.42. The van der Waals surface area contributed by atoms with Crippen LogP contribution >= 0.6 is 0 Å². The zero-order valence-corrected chi connectivity index (χ0v) is 15.1. The van der Waals surface area contributed by atoms with Crippen LogP contribution in [0.5, 0.6) is 0 Å². The number of ether oxygens (including phenoxy) is 1. The van der Waals surface area contributed by atoms with E-state index in [0.717, 1.165) is 62.8 Å². The monoisotopic (exact) mass is 343 g/mol. The van der Waals surface area contributed by atoms with Gasteiger partial charge in [-0.1, -0.05) is 5.21 Å². The van der Waals surface area contributed by atoms with Crippen LogP contribution in [0.4, 0.5) is 5.95 Å². The Morgan fingerprint density at radius 1 is 1.28 bits per heavy atom. The Morgan fingerprint density at radius 3 is 2.76 bits per heavy atom. The minimum Gasteiger partial charge on any atom is -0.368 e. The first-order valence-corrected chi connectivity index (χ1v) is 8.81. The van der Waals surface area contributed by atoms with Crippen LogP contribution in [0.3, 0.4) is 0 Å². The molecule has 1 saturated heterocycles. The lowest BCUT2D eigenvalue weighted by Crippen LogP contribution is -2.47. The number of nitrogens with zero attached hydrogens (tertiary/aromatic N) is 7. The third-order valence-electron chi connectivity index (χ3n) is 5.13. The van der Waals surface area contributed by atoms with Crippen molar-refractivity contribution in [2.24, 2.45) is 7.05 Å². The molecule has 0 amide bonds. The molecule has 2 aromatic rings. The summed E-state index contributed by atoms with van der Waals surface area (Å²) in [5.41, 5.74) is 3.08. The summed E-state index contributed by atoms with van der Waals surface area (Å²) in [7, 11) is 5.85. The van der Waals surface area contributed by atoms with Gasteiger partial charge in [-0.15, -0.1) is 5.10 Å². The predicted molar refractivity (Wildman–Crippen MR) is 93.2 cm³/mol.